The average molecular weight is 323 g/mol. The van der Waals surface area contributed by atoms with E-state index in [2.05, 4.69) is 4.74 Å². The number of halogens is 2. The minimum absolute atomic E-state index is 0.00744. The van der Waals surface area contributed by atoms with E-state index in [-0.39, 0.29) is 11.7 Å². The predicted octanol–water partition coefficient (Wildman–Crippen LogP) is 3.78. The number of benzene rings is 1. The van der Waals surface area contributed by atoms with Crippen molar-refractivity contribution in [3.05, 3.63) is 53.5 Å². The van der Waals surface area contributed by atoms with Crippen molar-refractivity contribution in [1.82, 2.24) is 4.90 Å². The maximum atomic E-state index is 12.1. The van der Waals surface area contributed by atoms with E-state index in [0.29, 0.717) is 19.4 Å². The molecule has 0 saturated heterocycles. The van der Waals surface area contributed by atoms with Gasteiger partial charge < -0.3 is 14.1 Å². The predicted molar refractivity (Wildman–Crippen MR) is 81.3 cm³/mol. The molecule has 1 amide bonds. The molecule has 0 atom stereocenters. The first-order chi connectivity index (χ1) is 10.9. The second-order valence-electron chi connectivity index (χ2n) is 5.28. The lowest BCUT2D eigenvalue weighted by Gasteiger charge is -2.15. The Kier molecular flexibility index (Phi) is 5.73. The van der Waals surface area contributed by atoms with E-state index >= 15 is 0 Å². The number of furan rings is 1. The standard InChI is InChI=1S/C17H19F2NO3/c1-12-3-7-15(22-12)11-20(2)16(21)10-6-13-4-8-14(9-5-13)23-17(18)19/h3-5,7-9,17H,6,10-11H2,1-2H3. The van der Waals surface area contributed by atoms with E-state index in [9.17, 15) is 13.6 Å². The van der Waals surface area contributed by atoms with Gasteiger partial charge in [-0.3, -0.25) is 4.79 Å². The minimum atomic E-state index is -2.83. The Morgan fingerprint density at radius 1 is 1.22 bits per heavy atom. The molecule has 2 aromatic rings. The molecule has 124 valence electrons. The number of alkyl halides is 2. The number of aryl methyl sites for hydroxylation is 2. The summed E-state index contributed by atoms with van der Waals surface area (Å²) in [6.07, 6.45) is 0.876. The monoisotopic (exact) mass is 323 g/mol. The normalized spacial score (nSPS) is 10.8. The topological polar surface area (TPSA) is 42.7 Å². The van der Waals surface area contributed by atoms with E-state index in [1.165, 1.54) is 12.1 Å². The highest BCUT2D eigenvalue weighted by Crippen LogP contribution is 2.16. The molecular weight excluding hydrogens is 304 g/mol. The zero-order chi connectivity index (χ0) is 16.8. The summed E-state index contributed by atoms with van der Waals surface area (Å²) in [5.74, 6) is 1.66. The van der Waals surface area contributed by atoms with Gasteiger partial charge in [-0.15, -0.1) is 0 Å². The van der Waals surface area contributed by atoms with E-state index in [4.69, 9.17) is 4.42 Å². The van der Waals surface area contributed by atoms with Crippen molar-refractivity contribution in [3.63, 3.8) is 0 Å². The van der Waals surface area contributed by atoms with Crippen LogP contribution in [0.4, 0.5) is 8.78 Å². The van der Waals surface area contributed by atoms with Crippen LogP contribution in [-0.2, 0) is 17.8 Å². The van der Waals surface area contributed by atoms with E-state index in [1.807, 2.05) is 19.1 Å². The van der Waals surface area contributed by atoms with Crippen LogP contribution in [0.15, 0.2) is 40.8 Å². The van der Waals surface area contributed by atoms with Gasteiger partial charge in [0.25, 0.3) is 0 Å². The summed E-state index contributed by atoms with van der Waals surface area (Å²) in [5, 5.41) is 0. The van der Waals surface area contributed by atoms with Crippen molar-refractivity contribution in [2.24, 2.45) is 0 Å². The molecule has 0 aliphatic rings. The zero-order valence-electron chi connectivity index (χ0n) is 13.1. The molecule has 4 nitrogen and oxygen atoms in total. The number of carbonyl (C=O) groups excluding carboxylic acids is 1. The number of rotatable bonds is 7. The maximum Gasteiger partial charge on any atom is 0.387 e. The van der Waals surface area contributed by atoms with Crippen molar-refractivity contribution in [3.8, 4) is 5.75 Å². The van der Waals surface area contributed by atoms with Gasteiger partial charge in [-0.2, -0.15) is 8.78 Å². The smallest absolute Gasteiger partial charge is 0.387 e. The van der Waals surface area contributed by atoms with E-state index in [0.717, 1.165) is 17.1 Å². The van der Waals surface area contributed by atoms with Crippen molar-refractivity contribution < 1.29 is 22.7 Å². The third kappa shape index (κ3) is 5.39. The van der Waals surface area contributed by atoms with Crippen LogP contribution in [0.1, 0.15) is 23.5 Å². The number of nitrogens with zero attached hydrogens (tertiary/aromatic N) is 1. The molecule has 0 aliphatic heterocycles. The molecule has 0 aliphatic carbocycles. The van der Waals surface area contributed by atoms with Crippen LogP contribution in [0.25, 0.3) is 0 Å². The highest BCUT2D eigenvalue weighted by atomic mass is 19.3. The lowest BCUT2D eigenvalue weighted by Crippen LogP contribution is -2.26. The largest absolute Gasteiger partial charge is 0.464 e. The Morgan fingerprint density at radius 3 is 2.48 bits per heavy atom. The third-order valence-electron chi connectivity index (χ3n) is 3.39. The summed E-state index contributed by atoms with van der Waals surface area (Å²) in [5.41, 5.74) is 0.891. The van der Waals surface area contributed by atoms with Gasteiger partial charge >= 0.3 is 6.61 Å². The van der Waals surface area contributed by atoms with Crippen LogP contribution >= 0.6 is 0 Å². The summed E-state index contributed by atoms with van der Waals surface area (Å²) < 4.78 is 33.9. The lowest BCUT2D eigenvalue weighted by molar-refractivity contribution is -0.130. The van der Waals surface area contributed by atoms with Gasteiger partial charge in [0.1, 0.15) is 17.3 Å². The number of ether oxygens (including phenoxy) is 1. The number of amides is 1. The SMILES string of the molecule is Cc1ccc(CN(C)C(=O)CCc2ccc(OC(F)F)cc2)o1. The summed E-state index contributed by atoms with van der Waals surface area (Å²) >= 11 is 0. The Balaban J connectivity index is 1.81. The molecule has 0 saturated carbocycles. The maximum absolute atomic E-state index is 12.1. The van der Waals surface area contributed by atoms with Gasteiger partial charge in [0.15, 0.2) is 0 Å². The quantitative estimate of drug-likeness (QED) is 0.779. The Labute approximate surface area is 133 Å². The van der Waals surface area contributed by atoms with E-state index < -0.39 is 6.61 Å². The van der Waals surface area contributed by atoms with Crippen LogP contribution in [0.3, 0.4) is 0 Å². The highest BCUT2D eigenvalue weighted by Gasteiger charge is 2.11. The molecule has 0 unspecified atom stereocenters. The molecule has 0 N–H and O–H groups in total. The number of carbonyl (C=O) groups is 1. The third-order valence-corrected chi connectivity index (χ3v) is 3.39. The van der Waals surface area contributed by atoms with Crippen LogP contribution in [0.2, 0.25) is 0 Å². The summed E-state index contributed by atoms with van der Waals surface area (Å²) in [4.78, 5) is 13.7. The molecule has 6 heteroatoms. The van der Waals surface area contributed by atoms with Gasteiger partial charge in [-0.05, 0) is 43.2 Å². The van der Waals surface area contributed by atoms with Crippen LogP contribution in [-0.4, -0.2) is 24.5 Å². The second-order valence-corrected chi connectivity index (χ2v) is 5.28. The fourth-order valence-electron chi connectivity index (χ4n) is 2.17. The van der Waals surface area contributed by atoms with Crippen LogP contribution in [0.5, 0.6) is 5.75 Å². The van der Waals surface area contributed by atoms with Gasteiger partial charge in [0.05, 0.1) is 6.54 Å². The van der Waals surface area contributed by atoms with Gasteiger partial charge in [0.2, 0.25) is 5.91 Å². The fraction of sp³-hybridized carbons (Fsp3) is 0.353. The van der Waals surface area contributed by atoms with Gasteiger partial charge in [-0.25, -0.2) is 0 Å². The summed E-state index contributed by atoms with van der Waals surface area (Å²) in [7, 11) is 1.72. The number of hydrogen-bond acceptors (Lipinski definition) is 3. The molecule has 0 spiro atoms. The molecule has 0 fully saturated rings. The number of hydrogen-bond donors (Lipinski definition) is 0. The molecule has 1 aromatic carbocycles. The van der Waals surface area contributed by atoms with Crippen molar-refractivity contribution in [1.29, 1.82) is 0 Å². The van der Waals surface area contributed by atoms with Crippen molar-refractivity contribution >= 4 is 5.91 Å². The first kappa shape index (κ1) is 17.0. The molecule has 0 bridgehead atoms. The van der Waals surface area contributed by atoms with Gasteiger partial charge in [0, 0.05) is 13.5 Å². The average Bonchev–Trinajstić information content (AvgIpc) is 2.90. The summed E-state index contributed by atoms with van der Waals surface area (Å²) in [6.45, 7) is -0.554. The van der Waals surface area contributed by atoms with E-state index in [1.54, 1.807) is 24.1 Å². The van der Waals surface area contributed by atoms with Crippen LogP contribution < -0.4 is 4.74 Å². The Hall–Kier alpha value is -2.37. The molecule has 1 heterocycles. The fourth-order valence-corrected chi connectivity index (χ4v) is 2.17. The Bertz CT molecular complexity index is 638. The molecular formula is C17H19F2NO3. The zero-order valence-corrected chi connectivity index (χ0v) is 13.1. The molecule has 23 heavy (non-hydrogen) atoms. The Morgan fingerprint density at radius 2 is 1.91 bits per heavy atom. The minimum Gasteiger partial charge on any atom is -0.464 e. The molecule has 0 radical (unpaired) electrons. The van der Waals surface area contributed by atoms with Crippen molar-refractivity contribution in [2.45, 2.75) is 32.9 Å². The summed E-state index contributed by atoms with van der Waals surface area (Å²) in [6, 6.07) is 10.0. The highest BCUT2D eigenvalue weighted by molar-refractivity contribution is 5.76. The van der Waals surface area contributed by atoms with Crippen LogP contribution in [0, 0.1) is 6.92 Å². The second kappa shape index (κ2) is 7.76. The van der Waals surface area contributed by atoms with Crippen molar-refractivity contribution in [2.75, 3.05) is 7.05 Å². The molecule has 2 rings (SSSR count). The lowest BCUT2D eigenvalue weighted by atomic mass is 10.1. The molecule has 1 aromatic heterocycles. The first-order valence-electron chi connectivity index (χ1n) is 7.27. The first-order valence-corrected chi connectivity index (χ1v) is 7.27. The van der Waals surface area contributed by atoms with Gasteiger partial charge in [-0.1, -0.05) is 12.1 Å².